The Hall–Kier alpha value is -2.77. The summed E-state index contributed by atoms with van der Waals surface area (Å²) in [5, 5.41) is 5.61. The van der Waals surface area contributed by atoms with E-state index in [-0.39, 0.29) is 24.5 Å². The van der Waals surface area contributed by atoms with E-state index in [4.69, 9.17) is 14.2 Å². The van der Waals surface area contributed by atoms with E-state index in [1.54, 1.807) is 27.7 Å². The van der Waals surface area contributed by atoms with Gasteiger partial charge in [0.1, 0.15) is 12.2 Å². The molecule has 0 heterocycles. The zero-order valence-electron chi connectivity index (χ0n) is 18.1. The van der Waals surface area contributed by atoms with Crippen molar-refractivity contribution in [2.75, 3.05) is 6.61 Å². The summed E-state index contributed by atoms with van der Waals surface area (Å²) in [6, 6.07) is 8.49. The minimum Gasteiger partial charge on any atom is -0.466 e. The molecule has 1 saturated carbocycles. The molecule has 0 spiro atoms. The molecule has 166 valence electrons. The van der Waals surface area contributed by atoms with Gasteiger partial charge < -0.3 is 24.8 Å². The average molecular weight is 421 g/mol. The number of amides is 2. The van der Waals surface area contributed by atoms with Gasteiger partial charge in [-0.15, -0.1) is 0 Å². The van der Waals surface area contributed by atoms with Gasteiger partial charge in [0.2, 0.25) is 0 Å². The highest BCUT2D eigenvalue weighted by molar-refractivity contribution is 5.74. The van der Waals surface area contributed by atoms with Crippen molar-refractivity contribution in [1.29, 1.82) is 0 Å². The molecule has 0 saturated heterocycles. The largest absolute Gasteiger partial charge is 0.466 e. The Morgan fingerprint density at radius 1 is 0.967 bits per heavy atom. The first kappa shape index (κ1) is 23.5. The molecule has 1 fully saturated rings. The van der Waals surface area contributed by atoms with Crippen LogP contribution in [-0.4, -0.2) is 42.4 Å². The summed E-state index contributed by atoms with van der Waals surface area (Å²) in [5.41, 5.74) is 0.221. The number of esters is 1. The summed E-state index contributed by atoms with van der Waals surface area (Å²) >= 11 is 0. The quantitative estimate of drug-likeness (QED) is 0.539. The Morgan fingerprint density at radius 2 is 1.63 bits per heavy atom. The molecule has 1 aromatic rings. The Morgan fingerprint density at radius 3 is 2.27 bits per heavy atom. The SMILES string of the molecule is CCOC(=O)[C@@H]1CC[C@H](NC(=O)OCc2ccccc2)[C@H](NC(=O)OC(C)(C)C)C1. The molecule has 8 nitrogen and oxygen atoms in total. The number of ether oxygens (including phenoxy) is 3. The summed E-state index contributed by atoms with van der Waals surface area (Å²) in [5.74, 6) is -0.637. The van der Waals surface area contributed by atoms with Gasteiger partial charge in [0.05, 0.1) is 24.6 Å². The molecule has 0 bridgehead atoms. The molecule has 2 rings (SSSR count). The third-order valence-corrected chi connectivity index (χ3v) is 4.69. The molecular weight excluding hydrogens is 388 g/mol. The zero-order valence-corrected chi connectivity index (χ0v) is 18.1. The molecule has 2 amide bonds. The Balaban J connectivity index is 1.98. The number of alkyl carbamates (subject to hydrolysis) is 2. The normalized spacial score (nSPS) is 21.3. The molecule has 0 aromatic heterocycles. The van der Waals surface area contributed by atoms with Gasteiger partial charge in [0.15, 0.2) is 0 Å². The predicted molar refractivity (Wildman–Crippen MR) is 111 cm³/mol. The maximum atomic E-state index is 12.3. The maximum Gasteiger partial charge on any atom is 0.407 e. The fourth-order valence-electron chi connectivity index (χ4n) is 3.35. The van der Waals surface area contributed by atoms with E-state index in [2.05, 4.69) is 10.6 Å². The van der Waals surface area contributed by atoms with Crippen molar-refractivity contribution in [2.45, 2.75) is 71.2 Å². The molecule has 1 aliphatic rings. The number of hydrogen-bond donors (Lipinski definition) is 2. The predicted octanol–water partition coefficient (Wildman–Crippen LogP) is 3.54. The standard InChI is InChI=1S/C22H32N2O6/c1-5-28-19(25)16-11-12-17(18(13-16)24-21(27)30-22(2,3)4)23-20(26)29-14-15-9-7-6-8-10-15/h6-10,16-18H,5,11-14H2,1-4H3,(H,23,26)(H,24,27)/t16-,17+,18-/m1/s1. The van der Waals surface area contributed by atoms with Gasteiger partial charge in [-0.2, -0.15) is 0 Å². The van der Waals surface area contributed by atoms with Crippen molar-refractivity contribution < 1.29 is 28.6 Å². The van der Waals surface area contributed by atoms with Crippen molar-refractivity contribution in [1.82, 2.24) is 10.6 Å². The van der Waals surface area contributed by atoms with Crippen LogP contribution in [0.3, 0.4) is 0 Å². The first-order chi connectivity index (χ1) is 14.2. The van der Waals surface area contributed by atoms with E-state index in [0.717, 1.165) is 5.56 Å². The lowest BCUT2D eigenvalue weighted by molar-refractivity contribution is -0.149. The van der Waals surface area contributed by atoms with E-state index < -0.39 is 23.8 Å². The van der Waals surface area contributed by atoms with Crippen LogP contribution in [0.2, 0.25) is 0 Å². The monoisotopic (exact) mass is 420 g/mol. The van der Waals surface area contributed by atoms with Gasteiger partial charge in [-0.05, 0) is 52.5 Å². The van der Waals surface area contributed by atoms with Crippen LogP contribution < -0.4 is 10.6 Å². The van der Waals surface area contributed by atoms with Crippen LogP contribution in [-0.2, 0) is 25.6 Å². The number of nitrogens with one attached hydrogen (secondary N) is 2. The van der Waals surface area contributed by atoms with Gasteiger partial charge in [0, 0.05) is 0 Å². The zero-order chi connectivity index (χ0) is 22.1. The van der Waals surface area contributed by atoms with Crippen LogP contribution in [0, 0.1) is 5.92 Å². The van der Waals surface area contributed by atoms with Crippen molar-refractivity contribution in [2.24, 2.45) is 5.92 Å². The molecule has 3 atom stereocenters. The van der Waals surface area contributed by atoms with Crippen molar-refractivity contribution >= 4 is 18.2 Å². The van der Waals surface area contributed by atoms with E-state index in [1.165, 1.54) is 0 Å². The second kappa shape index (κ2) is 10.8. The van der Waals surface area contributed by atoms with Crippen LogP contribution in [0.1, 0.15) is 52.5 Å². The number of benzene rings is 1. The van der Waals surface area contributed by atoms with Gasteiger partial charge in [-0.3, -0.25) is 4.79 Å². The number of hydrogen-bond acceptors (Lipinski definition) is 6. The summed E-state index contributed by atoms with van der Waals surface area (Å²) in [6.07, 6.45) is 0.233. The minimum atomic E-state index is -0.656. The first-order valence-corrected chi connectivity index (χ1v) is 10.3. The molecule has 0 radical (unpaired) electrons. The fourth-order valence-corrected chi connectivity index (χ4v) is 3.35. The molecule has 0 unspecified atom stereocenters. The lowest BCUT2D eigenvalue weighted by atomic mass is 9.82. The van der Waals surface area contributed by atoms with E-state index in [9.17, 15) is 14.4 Å². The van der Waals surface area contributed by atoms with E-state index >= 15 is 0 Å². The highest BCUT2D eigenvalue weighted by atomic mass is 16.6. The number of carbonyl (C=O) groups is 3. The Kier molecular flexibility index (Phi) is 8.50. The Bertz CT molecular complexity index is 716. The molecule has 0 aliphatic heterocycles. The number of rotatable bonds is 6. The molecular formula is C22H32N2O6. The highest BCUT2D eigenvalue weighted by Gasteiger charge is 2.37. The van der Waals surface area contributed by atoms with Crippen LogP contribution in [0.15, 0.2) is 30.3 Å². The third-order valence-electron chi connectivity index (χ3n) is 4.69. The summed E-state index contributed by atoms with van der Waals surface area (Å²) in [4.78, 5) is 36.7. The molecule has 1 aliphatic carbocycles. The van der Waals surface area contributed by atoms with Gasteiger partial charge in [-0.1, -0.05) is 30.3 Å². The van der Waals surface area contributed by atoms with Crippen LogP contribution in [0.25, 0.3) is 0 Å². The van der Waals surface area contributed by atoms with Crippen molar-refractivity contribution in [3.63, 3.8) is 0 Å². The molecule has 2 N–H and O–H groups in total. The van der Waals surface area contributed by atoms with E-state index in [0.29, 0.717) is 25.9 Å². The molecule has 30 heavy (non-hydrogen) atoms. The summed E-state index contributed by atoms with van der Waals surface area (Å²) < 4.78 is 15.7. The summed E-state index contributed by atoms with van der Waals surface area (Å²) in [7, 11) is 0. The lowest BCUT2D eigenvalue weighted by Crippen LogP contribution is -2.56. The first-order valence-electron chi connectivity index (χ1n) is 10.3. The average Bonchev–Trinajstić information content (AvgIpc) is 2.67. The topological polar surface area (TPSA) is 103 Å². The van der Waals surface area contributed by atoms with E-state index in [1.807, 2.05) is 30.3 Å². The molecule has 1 aromatic carbocycles. The minimum absolute atomic E-state index is 0.148. The van der Waals surface area contributed by atoms with Crippen molar-refractivity contribution in [3.05, 3.63) is 35.9 Å². The van der Waals surface area contributed by atoms with Crippen LogP contribution in [0.5, 0.6) is 0 Å². The number of carbonyl (C=O) groups excluding carboxylic acids is 3. The molecule has 8 heteroatoms. The van der Waals surface area contributed by atoms with Crippen LogP contribution >= 0.6 is 0 Å². The highest BCUT2D eigenvalue weighted by Crippen LogP contribution is 2.26. The van der Waals surface area contributed by atoms with Crippen molar-refractivity contribution in [3.8, 4) is 0 Å². The second-order valence-corrected chi connectivity index (χ2v) is 8.33. The lowest BCUT2D eigenvalue weighted by Gasteiger charge is -2.36. The van der Waals surface area contributed by atoms with Gasteiger partial charge in [-0.25, -0.2) is 9.59 Å². The second-order valence-electron chi connectivity index (χ2n) is 8.33. The smallest absolute Gasteiger partial charge is 0.407 e. The third kappa shape index (κ3) is 7.93. The summed E-state index contributed by atoms with van der Waals surface area (Å²) in [6.45, 7) is 7.51. The van der Waals surface area contributed by atoms with Gasteiger partial charge >= 0.3 is 18.2 Å². The maximum absolute atomic E-state index is 12.3. The Labute approximate surface area is 177 Å². The van der Waals surface area contributed by atoms with Crippen LogP contribution in [0.4, 0.5) is 9.59 Å². The van der Waals surface area contributed by atoms with Gasteiger partial charge in [0.25, 0.3) is 0 Å². The fraction of sp³-hybridized carbons (Fsp3) is 0.591.